The van der Waals surface area contributed by atoms with Gasteiger partial charge in [0.15, 0.2) is 0 Å². The smallest absolute Gasteiger partial charge is 0.104 e. The second-order valence-electron chi connectivity index (χ2n) is 4.16. The van der Waals surface area contributed by atoms with Gasteiger partial charge in [-0.15, -0.1) is 0 Å². The third-order valence-electron chi connectivity index (χ3n) is 3.05. The van der Waals surface area contributed by atoms with Crippen molar-refractivity contribution in [2.24, 2.45) is 11.8 Å². The third kappa shape index (κ3) is 3.32. The first-order valence-corrected chi connectivity index (χ1v) is 5.53. The Morgan fingerprint density at radius 1 is 1.29 bits per heavy atom. The molecule has 0 unspecified atom stereocenters. The average Bonchev–Trinajstić information content (AvgIpc) is 2.26. The Labute approximate surface area is 86.3 Å². The molecule has 2 N–H and O–H groups in total. The van der Waals surface area contributed by atoms with Gasteiger partial charge in [0.05, 0.1) is 6.10 Å². The molecule has 14 heavy (non-hydrogen) atoms. The highest BCUT2D eigenvalue weighted by Crippen LogP contribution is 2.29. The van der Waals surface area contributed by atoms with E-state index in [0.717, 1.165) is 12.8 Å². The first-order valence-electron chi connectivity index (χ1n) is 5.53. The van der Waals surface area contributed by atoms with Gasteiger partial charge in [0.2, 0.25) is 0 Å². The fraction of sp³-hybridized carbons (Fsp3) is 0.833. The van der Waals surface area contributed by atoms with E-state index in [1.165, 1.54) is 19.3 Å². The van der Waals surface area contributed by atoms with Crippen molar-refractivity contribution >= 4 is 0 Å². The lowest BCUT2D eigenvalue weighted by Gasteiger charge is -2.28. The standard InChI is InChI=1S/C12H20O2/c1-10(6-5-9-13)12(14)11-7-3-2-4-8-11/h10-14H,2-4,7-9H2,1H3/t10-,12-/m1/s1. The number of hydrogen-bond donors (Lipinski definition) is 2. The highest BCUT2D eigenvalue weighted by atomic mass is 16.3. The summed E-state index contributed by atoms with van der Waals surface area (Å²) in [5.74, 6) is 5.91. The molecule has 0 heterocycles. The van der Waals surface area contributed by atoms with Gasteiger partial charge in [0.1, 0.15) is 6.61 Å². The van der Waals surface area contributed by atoms with Gasteiger partial charge in [-0.05, 0) is 25.7 Å². The molecule has 0 bridgehead atoms. The van der Waals surface area contributed by atoms with Crippen molar-refractivity contribution in [1.29, 1.82) is 0 Å². The largest absolute Gasteiger partial charge is 0.392 e. The SMILES string of the molecule is C[C@H](C#CCO)[C@@H](O)C1CCCCC1. The summed E-state index contributed by atoms with van der Waals surface area (Å²) in [7, 11) is 0. The summed E-state index contributed by atoms with van der Waals surface area (Å²) < 4.78 is 0. The number of aliphatic hydroxyl groups excluding tert-OH is 2. The molecule has 1 saturated carbocycles. The van der Waals surface area contributed by atoms with Crippen molar-refractivity contribution in [2.75, 3.05) is 6.61 Å². The molecule has 2 heteroatoms. The fourth-order valence-electron chi connectivity index (χ4n) is 2.18. The molecular formula is C12H20O2. The van der Waals surface area contributed by atoms with Crippen LogP contribution in [-0.4, -0.2) is 22.9 Å². The van der Waals surface area contributed by atoms with E-state index >= 15 is 0 Å². The van der Waals surface area contributed by atoms with Gasteiger partial charge in [0.25, 0.3) is 0 Å². The van der Waals surface area contributed by atoms with Gasteiger partial charge in [0, 0.05) is 5.92 Å². The Balaban J connectivity index is 2.41. The molecule has 0 aromatic rings. The molecule has 1 fully saturated rings. The van der Waals surface area contributed by atoms with Crippen molar-refractivity contribution in [3.05, 3.63) is 0 Å². The van der Waals surface area contributed by atoms with E-state index in [1.807, 2.05) is 6.92 Å². The molecular weight excluding hydrogens is 176 g/mol. The summed E-state index contributed by atoms with van der Waals surface area (Å²) in [4.78, 5) is 0. The normalized spacial score (nSPS) is 22.2. The molecule has 0 amide bonds. The highest BCUT2D eigenvalue weighted by Gasteiger charge is 2.25. The number of rotatable bonds is 2. The van der Waals surface area contributed by atoms with Crippen LogP contribution in [0.5, 0.6) is 0 Å². The second-order valence-corrected chi connectivity index (χ2v) is 4.16. The van der Waals surface area contributed by atoms with Crippen LogP contribution in [0.1, 0.15) is 39.0 Å². The third-order valence-corrected chi connectivity index (χ3v) is 3.05. The fourth-order valence-corrected chi connectivity index (χ4v) is 2.18. The summed E-state index contributed by atoms with van der Waals surface area (Å²) in [6.45, 7) is 1.82. The van der Waals surface area contributed by atoms with Crippen LogP contribution in [-0.2, 0) is 0 Å². The van der Waals surface area contributed by atoms with Crippen LogP contribution in [0.25, 0.3) is 0 Å². The summed E-state index contributed by atoms with van der Waals surface area (Å²) in [6.07, 6.45) is 5.73. The van der Waals surface area contributed by atoms with Gasteiger partial charge < -0.3 is 10.2 Å². The van der Waals surface area contributed by atoms with Crippen LogP contribution in [0, 0.1) is 23.7 Å². The summed E-state index contributed by atoms with van der Waals surface area (Å²) in [5.41, 5.74) is 0. The first-order chi connectivity index (χ1) is 6.75. The minimum absolute atomic E-state index is 0.00903. The number of hydrogen-bond acceptors (Lipinski definition) is 2. The predicted molar refractivity (Wildman–Crippen MR) is 56.6 cm³/mol. The summed E-state index contributed by atoms with van der Waals surface area (Å²) >= 11 is 0. The minimum atomic E-state index is -0.311. The van der Waals surface area contributed by atoms with Crippen molar-refractivity contribution in [1.82, 2.24) is 0 Å². The molecule has 0 radical (unpaired) electrons. The van der Waals surface area contributed by atoms with Gasteiger partial charge in [-0.25, -0.2) is 0 Å². The lowest BCUT2D eigenvalue weighted by molar-refractivity contribution is 0.0585. The maximum absolute atomic E-state index is 9.98. The molecule has 1 aliphatic rings. The van der Waals surface area contributed by atoms with Crippen LogP contribution >= 0.6 is 0 Å². The lowest BCUT2D eigenvalue weighted by atomic mass is 9.81. The van der Waals surface area contributed by atoms with E-state index in [4.69, 9.17) is 5.11 Å². The summed E-state index contributed by atoms with van der Waals surface area (Å²) in [5, 5.41) is 18.5. The van der Waals surface area contributed by atoms with Crippen molar-refractivity contribution in [3.8, 4) is 11.8 Å². The molecule has 2 atom stereocenters. The Morgan fingerprint density at radius 3 is 2.50 bits per heavy atom. The quantitative estimate of drug-likeness (QED) is 0.658. The van der Waals surface area contributed by atoms with Gasteiger partial charge in [-0.3, -0.25) is 0 Å². The van der Waals surface area contributed by atoms with Crippen LogP contribution in [0.15, 0.2) is 0 Å². The van der Waals surface area contributed by atoms with Crippen LogP contribution in [0.3, 0.4) is 0 Å². The molecule has 0 aliphatic heterocycles. The van der Waals surface area contributed by atoms with Crippen molar-refractivity contribution < 1.29 is 10.2 Å². The monoisotopic (exact) mass is 196 g/mol. The number of aliphatic hydroxyl groups is 2. The van der Waals surface area contributed by atoms with E-state index in [9.17, 15) is 5.11 Å². The Morgan fingerprint density at radius 2 is 1.93 bits per heavy atom. The van der Waals surface area contributed by atoms with Crippen molar-refractivity contribution in [3.63, 3.8) is 0 Å². The Kier molecular flexibility index (Phi) is 5.00. The molecule has 80 valence electrons. The Bertz CT molecular complexity index is 208. The van der Waals surface area contributed by atoms with Crippen molar-refractivity contribution in [2.45, 2.75) is 45.1 Å². The van der Waals surface area contributed by atoms with Gasteiger partial charge in [-0.2, -0.15) is 0 Å². The molecule has 1 aliphatic carbocycles. The van der Waals surface area contributed by atoms with Crippen LogP contribution in [0.2, 0.25) is 0 Å². The molecule has 0 spiro atoms. The topological polar surface area (TPSA) is 40.5 Å². The molecule has 0 saturated heterocycles. The highest BCUT2D eigenvalue weighted by molar-refractivity contribution is 5.05. The maximum atomic E-state index is 9.98. The minimum Gasteiger partial charge on any atom is -0.392 e. The van der Waals surface area contributed by atoms with E-state index in [-0.39, 0.29) is 18.6 Å². The molecule has 0 aromatic carbocycles. The van der Waals surface area contributed by atoms with Gasteiger partial charge in [-0.1, -0.05) is 31.1 Å². The zero-order valence-electron chi connectivity index (χ0n) is 8.87. The maximum Gasteiger partial charge on any atom is 0.104 e. The van der Waals surface area contributed by atoms with Crippen LogP contribution < -0.4 is 0 Å². The molecule has 2 nitrogen and oxygen atoms in total. The Hall–Kier alpha value is -0.520. The zero-order valence-corrected chi connectivity index (χ0v) is 8.87. The second kappa shape index (κ2) is 6.06. The van der Waals surface area contributed by atoms with E-state index in [1.54, 1.807) is 0 Å². The van der Waals surface area contributed by atoms with E-state index in [0.29, 0.717) is 5.92 Å². The lowest BCUT2D eigenvalue weighted by Crippen LogP contribution is -2.28. The van der Waals surface area contributed by atoms with Crippen LogP contribution in [0.4, 0.5) is 0 Å². The predicted octanol–water partition coefficient (Wildman–Crippen LogP) is 1.56. The average molecular weight is 196 g/mol. The molecule has 0 aromatic heterocycles. The summed E-state index contributed by atoms with van der Waals surface area (Å²) in [6, 6.07) is 0. The van der Waals surface area contributed by atoms with E-state index in [2.05, 4.69) is 11.8 Å². The van der Waals surface area contributed by atoms with E-state index < -0.39 is 0 Å². The molecule has 1 rings (SSSR count). The first kappa shape index (κ1) is 11.6. The zero-order chi connectivity index (χ0) is 10.4. The van der Waals surface area contributed by atoms with Gasteiger partial charge >= 0.3 is 0 Å².